The smallest absolute Gasteiger partial charge is 0.256 e. The van der Waals surface area contributed by atoms with Gasteiger partial charge in [-0.05, 0) is 52.2 Å². The van der Waals surface area contributed by atoms with Gasteiger partial charge in [0.05, 0.1) is 10.0 Å². The predicted octanol–water partition coefficient (Wildman–Crippen LogP) is 3.99. The van der Waals surface area contributed by atoms with Gasteiger partial charge < -0.3 is 11.1 Å². The van der Waals surface area contributed by atoms with Crippen LogP contribution in [0.1, 0.15) is 22.8 Å². The van der Waals surface area contributed by atoms with Crippen LogP contribution in [0.25, 0.3) is 0 Å². The molecule has 0 saturated heterocycles. The van der Waals surface area contributed by atoms with E-state index in [-0.39, 0.29) is 15.9 Å². The molecule has 0 atom stereocenters. The van der Waals surface area contributed by atoms with Gasteiger partial charge >= 0.3 is 0 Å². The zero-order chi connectivity index (χ0) is 14.7. The third-order valence-electron chi connectivity index (χ3n) is 2.98. The molecule has 2 rings (SSSR count). The van der Waals surface area contributed by atoms with Gasteiger partial charge in [-0.25, -0.2) is 4.39 Å². The Balaban J connectivity index is 2.24. The van der Waals surface area contributed by atoms with Crippen LogP contribution in [0.3, 0.4) is 0 Å². The van der Waals surface area contributed by atoms with Crippen molar-refractivity contribution in [2.75, 3.05) is 11.1 Å². The Labute approximate surface area is 125 Å². The molecule has 5 heteroatoms. The van der Waals surface area contributed by atoms with Crippen molar-refractivity contribution in [1.82, 2.24) is 0 Å². The van der Waals surface area contributed by atoms with Gasteiger partial charge in [-0.15, -0.1) is 0 Å². The molecule has 2 aromatic carbocycles. The molecular weight excluding hydrogens is 323 g/mol. The van der Waals surface area contributed by atoms with E-state index >= 15 is 0 Å². The van der Waals surface area contributed by atoms with Crippen LogP contribution in [0.4, 0.5) is 15.8 Å². The number of aryl methyl sites for hydroxylation is 1. The Morgan fingerprint density at radius 1 is 1.35 bits per heavy atom. The number of nitrogen functional groups attached to an aromatic ring is 1. The van der Waals surface area contributed by atoms with Crippen molar-refractivity contribution in [3.05, 3.63) is 57.8 Å². The van der Waals surface area contributed by atoms with E-state index in [1.54, 1.807) is 18.2 Å². The maximum atomic E-state index is 13.4. The number of halogens is 2. The van der Waals surface area contributed by atoms with Gasteiger partial charge in [0.25, 0.3) is 5.91 Å². The molecule has 0 aromatic heterocycles. The van der Waals surface area contributed by atoms with Crippen molar-refractivity contribution >= 4 is 33.2 Å². The van der Waals surface area contributed by atoms with Gasteiger partial charge in [0.1, 0.15) is 5.82 Å². The van der Waals surface area contributed by atoms with E-state index in [4.69, 9.17) is 5.73 Å². The van der Waals surface area contributed by atoms with Crippen molar-refractivity contribution in [3.63, 3.8) is 0 Å². The first kappa shape index (κ1) is 14.5. The van der Waals surface area contributed by atoms with Crippen LogP contribution >= 0.6 is 15.9 Å². The lowest BCUT2D eigenvalue weighted by atomic mass is 10.1. The summed E-state index contributed by atoms with van der Waals surface area (Å²) in [6.45, 7) is 2.01. The number of nitrogens with one attached hydrogen (secondary N) is 1. The number of anilines is 2. The van der Waals surface area contributed by atoms with Gasteiger partial charge in [0.2, 0.25) is 0 Å². The Hall–Kier alpha value is -1.88. The van der Waals surface area contributed by atoms with Crippen LogP contribution in [0.15, 0.2) is 40.9 Å². The van der Waals surface area contributed by atoms with E-state index in [0.29, 0.717) is 11.4 Å². The normalized spacial score (nSPS) is 10.3. The lowest BCUT2D eigenvalue weighted by molar-refractivity contribution is 0.102. The number of hydrogen-bond donors (Lipinski definition) is 2. The number of carbonyl (C=O) groups excluding carboxylic acids is 1. The second kappa shape index (κ2) is 6.05. The van der Waals surface area contributed by atoms with E-state index in [9.17, 15) is 9.18 Å². The minimum absolute atomic E-state index is 0.149. The summed E-state index contributed by atoms with van der Waals surface area (Å²) in [5.74, 6) is -0.862. The standard InChI is InChI=1S/C15H14BrFN2O/c1-2-9-6-7-10(8-13(9)18)19-15(20)11-4-3-5-12(17)14(11)16/h3-8H,2,18H2,1H3,(H,19,20). The molecule has 0 heterocycles. The zero-order valence-corrected chi connectivity index (χ0v) is 12.5. The first-order valence-corrected chi connectivity index (χ1v) is 6.96. The average molecular weight is 337 g/mol. The summed E-state index contributed by atoms with van der Waals surface area (Å²) in [6.07, 6.45) is 0.829. The molecule has 0 aliphatic rings. The van der Waals surface area contributed by atoms with Crippen molar-refractivity contribution in [2.45, 2.75) is 13.3 Å². The van der Waals surface area contributed by atoms with Gasteiger partial charge in [-0.1, -0.05) is 19.1 Å². The molecule has 0 aliphatic carbocycles. The van der Waals surface area contributed by atoms with Crippen LogP contribution in [0, 0.1) is 5.82 Å². The van der Waals surface area contributed by atoms with E-state index < -0.39 is 5.82 Å². The summed E-state index contributed by atoms with van der Waals surface area (Å²) < 4.78 is 13.5. The summed E-state index contributed by atoms with van der Waals surface area (Å²) in [4.78, 5) is 12.1. The van der Waals surface area contributed by atoms with Gasteiger partial charge in [0, 0.05) is 11.4 Å². The lowest BCUT2D eigenvalue weighted by Gasteiger charge is -2.09. The molecule has 3 N–H and O–H groups in total. The number of nitrogens with two attached hydrogens (primary N) is 1. The highest BCUT2D eigenvalue weighted by molar-refractivity contribution is 9.10. The van der Waals surface area contributed by atoms with Crippen molar-refractivity contribution in [2.24, 2.45) is 0 Å². The summed E-state index contributed by atoms with van der Waals surface area (Å²) >= 11 is 3.07. The summed E-state index contributed by atoms with van der Waals surface area (Å²) in [6, 6.07) is 9.67. The Morgan fingerprint density at radius 2 is 2.10 bits per heavy atom. The van der Waals surface area contributed by atoms with E-state index in [0.717, 1.165) is 12.0 Å². The second-order valence-electron chi connectivity index (χ2n) is 4.32. The molecule has 3 nitrogen and oxygen atoms in total. The average Bonchev–Trinajstić information content (AvgIpc) is 2.42. The van der Waals surface area contributed by atoms with Crippen LogP contribution in [-0.4, -0.2) is 5.91 Å². The summed E-state index contributed by atoms with van der Waals surface area (Å²) in [5.41, 5.74) is 8.35. The molecule has 2 aromatic rings. The molecule has 20 heavy (non-hydrogen) atoms. The highest BCUT2D eigenvalue weighted by Gasteiger charge is 2.13. The summed E-state index contributed by atoms with van der Waals surface area (Å²) in [7, 11) is 0. The number of rotatable bonds is 3. The minimum Gasteiger partial charge on any atom is -0.398 e. The lowest BCUT2D eigenvalue weighted by Crippen LogP contribution is -2.13. The molecule has 0 fully saturated rings. The molecule has 0 saturated carbocycles. The van der Waals surface area contributed by atoms with Gasteiger partial charge in [0.15, 0.2) is 0 Å². The highest BCUT2D eigenvalue weighted by atomic mass is 79.9. The number of carbonyl (C=O) groups is 1. The monoisotopic (exact) mass is 336 g/mol. The SMILES string of the molecule is CCc1ccc(NC(=O)c2cccc(F)c2Br)cc1N. The molecule has 0 spiro atoms. The second-order valence-corrected chi connectivity index (χ2v) is 5.12. The van der Waals surface area contributed by atoms with E-state index in [1.165, 1.54) is 12.1 Å². The molecule has 1 amide bonds. The fourth-order valence-corrected chi connectivity index (χ4v) is 2.32. The Morgan fingerprint density at radius 3 is 2.75 bits per heavy atom. The molecule has 0 unspecified atom stereocenters. The van der Waals surface area contributed by atoms with Gasteiger partial charge in [-0.3, -0.25) is 4.79 Å². The van der Waals surface area contributed by atoms with Crippen molar-refractivity contribution in [1.29, 1.82) is 0 Å². The molecule has 0 bridgehead atoms. The fourth-order valence-electron chi connectivity index (χ4n) is 1.87. The molecule has 0 radical (unpaired) electrons. The van der Waals surface area contributed by atoms with E-state index in [2.05, 4.69) is 21.2 Å². The first-order valence-electron chi connectivity index (χ1n) is 6.16. The Bertz CT molecular complexity index is 658. The van der Waals surface area contributed by atoms with E-state index in [1.807, 2.05) is 13.0 Å². The topological polar surface area (TPSA) is 55.1 Å². The quantitative estimate of drug-likeness (QED) is 0.832. The molecule has 0 aliphatic heterocycles. The third kappa shape index (κ3) is 2.99. The Kier molecular flexibility index (Phi) is 4.39. The van der Waals surface area contributed by atoms with Crippen LogP contribution in [0.2, 0.25) is 0 Å². The highest BCUT2D eigenvalue weighted by Crippen LogP contribution is 2.23. The molecular formula is C15H14BrFN2O. The zero-order valence-electron chi connectivity index (χ0n) is 10.9. The van der Waals surface area contributed by atoms with Crippen LogP contribution in [0.5, 0.6) is 0 Å². The number of hydrogen-bond acceptors (Lipinski definition) is 2. The largest absolute Gasteiger partial charge is 0.398 e. The maximum Gasteiger partial charge on any atom is 0.256 e. The third-order valence-corrected chi connectivity index (χ3v) is 3.79. The van der Waals surface area contributed by atoms with Crippen LogP contribution in [-0.2, 0) is 6.42 Å². The van der Waals surface area contributed by atoms with Gasteiger partial charge in [-0.2, -0.15) is 0 Å². The van der Waals surface area contributed by atoms with Crippen LogP contribution < -0.4 is 11.1 Å². The predicted molar refractivity (Wildman–Crippen MR) is 82.3 cm³/mol. The van der Waals surface area contributed by atoms with Crippen molar-refractivity contribution in [3.8, 4) is 0 Å². The first-order chi connectivity index (χ1) is 9.52. The maximum absolute atomic E-state index is 13.4. The molecule has 104 valence electrons. The number of amides is 1. The minimum atomic E-state index is -0.474. The van der Waals surface area contributed by atoms with Crippen molar-refractivity contribution < 1.29 is 9.18 Å². The fraction of sp³-hybridized carbons (Fsp3) is 0.133. The number of benzene rings is 2. The summed E-state index contributed by atoms with van der Waals surface area (Å²) in [5, 5.41) is 2.70.